The Hall–Kier alpha value is -1.27. The zero-order valence-corrected chi connectivity index (χ0v) is 11.0. The van der Waals surface area contributed by atoms with Crippen molar-refractivity contribution in [1.82, 2.24) is 4.90 Å². The lowest BCUT2D eigenvalue weighted by molar-refractivity contribution is 0.0748. The molecular formula is C12H16FN3OS. The van der Waals surface area contributed by atoms with Crippen molar-refractivity contribution >= 4 is 23.4 Å². The lowest BCUT2D eigenvalue weighted by atomic mass is 10.1. The zero-order chi connectivity index (χ0) is 13.1. The van der Waals surface area contributed by atoms with Gasteiger partial charge in [-0.1, -0.05) is 6.07 Å². The molecule has 0 aromatic heterocycles. The number of nitrogen functional groups attached to an aromatic ring is 1. The van der Waals surface area contributed by atoms with Gasteiger partial charge in [0.1, 0.15) is 5.82 Å². The van der Waals surface area contributed by atoms with Crippen molar-refractivity contribution in [2.45, 2.75) is 12.5 Å². The molecule has 1 aliphatic heterocycles. The van der Waals surface area contributed by atoms with Gasteiger partial charge in [-0.3, -0.25) is 10.6 Å². The van der Waals surface area contributed by atoms with Gasteiger partial charge in [0, 0.05) is 18.8 Å². The molecule has 6 heteroatoms. The highest BCUT2D eigenvalue weighted by Gasteiger charge is 2.26. The Labute approximate surface area is 110 Å². The summed E-state index contributed by atoms with van der Waals surface area (Å²) in [5.41, 5.74) is 2.59. The number of hydrazine groups is 1. The van der Waals surface area contributed by atoms with E-state index >= 15 is 0 Å². The van der Waals surface area contributed by atoms with Crippen LogP contribution in [0.2, 0.25) is 0 Å². The molecule has 1 saturated heterocycles. The molecule has 0 saturated carbocycles. The first kappa shape index (κ1) is 13.2. The largest absolute Gasteiger partial charge is 0.338 e. The van der Waals surface area contributed by atoms with Gasteiger partial charge in [0.05, 0.1) is 11.3 Å². The molecule has 1 heterocycles. The van der Waals surface area contributed by atoms with Crippen LogP contribution in [0.4, 0.5) is 10.1 Å². The Kier molecular flexibility index (Phi) is 4.08. The van der Waals surface area contributed by atoms with E-state index < -0.39 is 5.82 Å². The van der Waals surface area contributed by atoms with Crippen LogP contribution in [0.25, 0.3) is 0 Å². The van der Waals surface area contributed by atoms with Gasteiger partial charge < -0.3 is 10.3 Å². The summed E-state index contributed by atoms with van der Waals surface area (Å²) in [6.07, 6.45) is 0.980. The van der Waals surface area contributed by atoms with Crippen LogP contribution >= 0.6 is 11.8 Å². The van der Waals surface area contributed by atoms with Gasteiger partial charge in [0.15, 0.2) is 0 Å². The number of hydrogen-bond acceptors (Lipinski definition) is 4. The fourth-order valence-corrected chi connectivity index (χ4v) is 3.30. The fourth-order valence-electron chi connectivity index (χ4n) is 2.03. The number of carbonyl (C=O) groups excluding carboxylic acids is 1. The van der Waals surface area contributed by atoms with Crippen molar-refractivity contribution in [1.29, 1.82) is 0 Å². The van der Waals surface area contributed by atoms with Gasteiger partial charge in [0.25, 0.3) is 5.91 Å². The number of nitrogens with two attached hydrogens (primary N) is 1. The molecule has 1 fully saturated rings. The molecule has 98 valence electrons. The van der Waals surface area contributed by atoms with Crippen molar-refractivity contribution < 1.29 is 9.18 Å². The van der Waals surface area contributed by atoms with E-state index in [0.717, 1.165) is 17.9 Å². The summed E-state index contributed by atoms with van der Waals surface area (Å²) in [5.74, 6) is 6.56. The molecule has 1 unspecified atom stereocenters. The molecule has 1 amide bonds. The monoisotopic (exact) mass is 269 g/mol. The molecule has 1 aromatic rings. The second-order valence-corrected chi connectivity index (χ2v) is 5.39. The predicted octanol–water partition coefficient (Wildman–Crippen LogP) is 1.69. The van der Waals surface area contributed by atoms with E-state index in [1.165, 1.54) is 12.1 Å². The van der Waals surface area contributed by atoms with Gasteiger partial charge in [-0.15, -0.1) is 0 Å². The maximum atomic E-state index is 13.5. The zero-order valence-electron chi connectivity index (χ0n) is 10.1. The van der Waals surface area contributed by atoms with Gasteiger partial charge in [-0.05, 0) is 24.3 Å². The molecule has 0 aliphatic carbocycles. The third-order valence-corrected chi connectivity index (χ3v) is 4.31. The standard InChI is InChI=1S/C12H16FN3OS/c1-16(8-5-6-18-7-8)12(17)9-3-2-4-10(13)11(9)15-14/h2-4,8,15H,5-7,14H2,1H3. The summed E-state index contributed by atoms with van der Waals surface area (Å²) in [6.45, 7) is 0. The second kappa shape index (κ2) is 5.58. The predicted molar refractivity (Wildman–Crippen MR) is 72.0 cm³/mol. The second-order valence-electron chi connectivity index (χ2n) is 4.24. The molecule has 2 rings (SSSR count). The van der Waals surface area contributed by atoms with Gasteiger partial charge >= 0.3 is 0 Å². The summed E-state index contributed by atoms with van der Waals surface area (Å²) in [5, 5.41) is 0. The molecule has 1 atom stereocenters. The molecule has 18 heavy (non-hydrogen) atoms. The van der Waals surface area contributed by atoms with Crippen LogP contribution in [-0.2, 0) is 0 Å². The molecule has 0 spiro atoms. The maximum absolute atomic E-state index is 13.5. The topological polar surface area (TPSA) is 58.4 Å². The first-order chi connectivity index (χ1) is 8.65. The molecule has 0 radical (unpaired) electrons. The number of anilines is 1. The van der Waals surface area contributed by atoms with E-state index in [2.05, 4.69) is 5.43 Å². The van der Waals surface area contributed by atoms with Crippen LogP contribution in [0.15, 0.2) is 18.2 Å². The smallest absolute Gasteiger partial charge is 0.256 e. The number of thioether (sulfide) groups is 1. The minimum absolute atomic E-state index is 0.0556. The Balaban J connectivity index is 2.25. The molecule has 1 aromatic carbocycles. The minimum atomic E-state index is -0.516. The number of hydrogen-bond donors (Lipinski definition) is 2. The maximum Gasteiger partial charge on any atom is 0.256 e. The number of halogens is 1. The highest BCUT2D eigenvalue weighted by atomic mass is 32.2. The van der Waals surface area contributed by atoms with E-state index in [0.29, 0.717) is 0 Å². The lowest BCUT2D eigenvalue weighted by Crippen LogP contribution is -2.37. The summed E-state index contributed by atoms with van der Waals surface area (Å²) in [6, 6.07) is 4.59. The minimum Gasteiger partial charge on any atom is -0.338 e. The van der Waals surface area contributed by atoms with Crippen LogP contribution in [0.1, 0.15) is 16.8 Å². The number of rotatable bonds is 3. The molecule has 3 N–H and O–H groups in total. The van der Waals surface area contributed by atoms with E-state index in [-0.39, 0.29) is 23.2 Å². The number of nitrogens with zero attached hydrogens (tertiary/aromatic N) is 1. The third-order valence-electron chi connectivity index (χ3n) is 3.16. The van der Waals surface area contributed by atoms with E-state index in [4.69, 9.17) is 5.84 Å². The van der Waals surface area contributed by atoms with Crippen molar-refractivity contribution in [2.75, 3.05) is 24.0 Å². The summed E-state index contributed by atoms with van der Waals surface area (Å²) in [4.78, 5) is 14.0. The normalized spacial score (nSPS) is 18.7. The van der Waals surface area contributed by atoms with Gasteiger partial charge in [-0.2, -0.15) is 11.8 Å². The van der Waals surface area contributed by atoms with Crippen molar-refractivity contribution in [2.24, 2.45) is 5.84 Å². The van der Waals surface area contributed by atoms with Crippen molar-refractivity contribution in [3.63, 3.8) is 0 Å². The molecule has 4 nitrogen and oxygen atoms in total. The first-order valence-electron chi connectivity index (χ1n) is 5.75. The van der Waals surface area contributed by atoms with Crippen LogP contribution in [0.5, 0.6) is 0 Å². The lowest BCUT2D eigenvalue weighted by Gasteiger charge is -2.24. The summed E-state index contributed by atoms with van der Waals surface area (Å²) < 4.78 is 13.5. The fraction of sp³-hybridized carbons (Fsp3) is 0.417. The quantitative estimate of drug-likeness (QED) is 0.647. The number of nitrogens with one attached hydrogen (secondary N) is 1. The summed E-state index contributed by atoms with van der Waals surface area (Å²) in [7, 11) is 1.75. The van der Waals surface area contributed by atoms with Crippen LogP contribution in [-0.4, -0.2) is 35.4 Å². The highest BCUT2D eigenvalue weighted by Crippen LogP contribution is 2.25. The third kappa shape index (κ3) is 2.44. The number of amides is 1. The average molecular weight is 269 g/mol. The molecule has 0 bridgehead atoms. The SMILES string of the molecule is CN(C(=O)c1cccc(F)c1NN)C1CCSC1. The Bertz CT molecular complexity index is 449. The number of benzene rings is 1. The van der Waals surface area contributed by atoms with Crippen LogP contribution in [0, 0.1) is 5.82 Å². The number of para-hydroxylation sites is 1. The van der Waals surface area contributed by atoms with Crippen LogP contribution < -0.4 is 11.3 Å². The average Bonchev–Trinajstić information content (AvgIpc) is 2.90. The molecular weight excluding hydrogens is 253 g/mol. The Morgan fingerprint density at radius 2 is 2.39 bits per heavy atom. The van der Waals surface area contributed by atoms with Gasteiger partial charge in [-0.25, -0.2) is 4.39 Å². The highest BCUT2D eigenvalue weighted by molar-refractivity contribution is 7.99. The molecule has 1 aliphatic rings. The first-order valence-corrected chi connectivity index (χ1v) is 6.90. The van der Waals surface area contributed by atoms with E-state index in [1.807, 2.05) is 11.8 Å². The van der Waals surface area contributed by atoms with E-state index in [1.54, 1.807) is 18.0 Å². The van der Waals surface area contributed by atoms with Crippen molar-refractivity contribution in [3.05, 3.63) is 29.6 Å². The van der Waals surface area contributed by atoms with Crippen molar-refractivity contribution in [3.8, 4) is 0 Å². The van der Waals surface area contributed by atoms with Crippen LogP contribution in [0.3, 0.4) is 0 Å². The summed E-state index contributed by atoms with van der Waals surface area (Å²) >= 11 is 1.83. The Morgan fingerprint density at radius 3 is 3.00 bits per heavy atom. The Morgan fingerprint density at radius 1 is 1.61 bits per heavy atom. The van der Waals surface area contributed by atoms with E-state index in [9.17, 15) is 9.18 Å². The number of carbonyl (C=O) groups is 1. The van der Waals surface area contributed by atoms with Gasteiger partial charge in [0.2, 0.25) is 0 Å².